The number of nitrogen functional groups attached to an aromatic ring is 2. The van der Waals surface area contributed by atoms with Crippen molar-refractivity contribution in [2.45, 2.75) is 0 Å². The summed E-state index contributed by atoms with van der Waals surface area (Å²) in [5, 5.41) is 0. The summed E-state index contributed by atoms with van der Waals surface area (Å²) < 4.78 is 1.07. The van der Waals surface area contributed by atoms with E-state index in [9.17, 15) is 4.79 Å². The maximum atomic E-state index is 10.4. The standard InChI is InChI=1S/C4H6N4O/c5-3-1-4(9)7-2-8(3)6/h1-2H,5-6H2. The lowest BCUT2D eigenvalue weighted by Gasteiger charge is -1.97. The number of aromatic nitrogens is 2. The first kappa shape index (κ1) is 5.61. The molecule has 0 saturated heterocycles. The number of rotatable bonds is 0. The molecule has 1 heterocycles. The highest BCUT2D eigenvalue weighted by molar-refractivity contribution is 5.25. The van der Waals surface area contributed by atoms with Crippen LogP contribution in [-0.2, 0) is 0 Å². The molecule has 1 aromatic heterocycles. The van der Waals surface area contributed by atoms with Crippen LogP contribution < -0.4 is 17.1 Å². The quantitative estimate of drug-likeness (QED) is 0.416. The van der Waals surface area contributed by atoms with Gasteiger partial charge in [-0.2, -0.15) is 4.98 Å². The molecule has 0 aliphatic carbocycles. The van der Waals surface area contributed by atoms with Crippen molar-refractivity contribution < 1.29 is 0 Å². The average molecular weight is 126 g/mol. The molecule has 0 aromatic carbocycles. The number of nitrogens with two attached hydrogens (primary N) is 2. The maximum absolute atomic E-state index is 10.4. The summed E-state index contributed by atoms with van der Waals surface area (Å²) in [6.07, 6.45) is 1.16. The molecule has 1 rings (SSSR count). The van der Waals surface area contributed by atoms with E-state index in [1.165, 1.54) is 0 Å². The molecular formula is C4H6N4O. The first-order valence-electron chi connectivity index (χ1n) is 2.29. The van der Waals surface area contributed by atoms with Crippen LogP contribution in [0.5, 0.6) is 0 Å². The van der Waals surface area contributed by atoms with Gasteiger partial charge in [-0.25, -0.2) is 4.68 Å². The Kier molecular flexibility index (Phi) is 1.11. The van der Waals surface area contributed by atoms with Crippen molar-refractivity contribution in [3.63, 3.8) is 0 Å². The molecule has 4 N–H and O–H groups in total. The van der Waals surface area contributed by atoms with Crippen LogP contribution in [0.25, 0.3) is 0 Å². The fourth-order valence-corrected chi connectivity index (χ4v) is 0.424. The van der Waals surface area contributed by atoms with E-state index < -0.39 is 0 Å². The summed E-state index contributed by atoms with van der Waals surface area (Å²) in [6.45, 7) is 0. The van der Waals surface area contributed by atoms with Gasteiger partial charge in [0.1, 0.15) is 12.1 Å². The maximum Gasteiger partial charge on any atom is 0.274 e. The van der Waals surface area contributed by atoms with Crippen molar-refractivity contribution in [3.05, 3.63) is 22.7 Å². The van der Waals surface area contributed by atoms with E-state index in [-0.39, 0.29) is 11.4 Å². The first-order valence-corrected chi connectivity index (χ1v) is 2.29. The molecule has 5 heteroatoms. The predicted octanol–water partition coefficient (Wildman–Crippen LogP) is -1.46. The monoisotopic (exact) mass is 126 g/mol. The topological polar surface area (TPSA) is 86.9 Å². The second-order valence-electron chi connectivity index (χ2n) is 1.56. The molecule has 0 radical (unpaired) electrons. The fraction of sp³-hybridized carbons (Fsp3) is 0. The summed E-state index contributed by atoms with van der Waals surface area (Å²) in [6, 6.07) is 1.15. The van der Waals surface area contributed by atoms with Gasteiger partial charge >= 0.3 is 0 Å². The number of hydrogen-bond donors (Lipinski definition) is 2. The van der Waals surface area contributed by atoms with Crippen LogP contribution in [0, 0.1) is 0 Å². The molecular weight excluding hydrogens is 120 g/mol. The van der Waals surface area contributed by atoms with Gasteiger partial charge in [-0.05, 0) is 0 Å². The Morgan fingerprint density at radius 3 is 2.78 bits per heavy atom. The molecule has 48 valence electrons. The highest BCUT2D eigenvalue weighted by Gasteiger charge is 1.89. The Balaban J connectivity index is 3.34. The second kappa shape index (κ2) is 1.77. The fourth-order valence-electron chi connectivity index (χ4n) is 0.424. The number of nitrogens with zero attached hydrogens (tertiary/aromatic N) is 2. The van der Waals surface area contributed by atoms with Crippen LogP contribution in [-0.4, -0.2) is 9.66 Å². The third kappa shape index (κ3) is 0.987. The Morgan fingerprint density at radius 2 is 2.33 bits per heavy atom. The molecule has 0 saturated carbocycles. The first-order chi connectivity index (χ1) is 4.20. The summed E-state index contributed by atoms with van der Waals surface area (Å²) in [5.74, 6) is 5.38. The van der Waals surface area contributed by atoms with Crippen LogP contribution in [0.15, 0.2) is 17.2 Å². The number of hydrogen-bond acceptors (Lipinski definition) is 4. The molecule has 0 aliphatic rings. The Labute approximate surface area is 50.9 Å². The minimum absolute atomic E-state index is 0.204. The Bertz CT molecular complexity index is 266. The van der Waals surface area contributed by atoms with Crippen molar-refractivity contribution in [1.82, 2.24) is 9.66 Å². The molecule has 0 unspecified atom stereocenters. The van der Waals surface area contributed by atoms with E-state index in [0.29, 0.717) is 0 Å². The lowest BCUT2D eigenvalue weighted by atomic mass is 10.6. The van der Waals surface area contributed by atoms with Crippen molar-refractivity contribution >= 4 is 5.82 Å². The second-order valence-corrected chi connectivity index (χ2v) is 1.56. The van der Waals surface area contributed by atoms with Crippen molar-refractivity contribution in [2.75, 3.05) is 11.6 Å². The van der Waals surface area contributed by atoms with Crippen molar-refractivity contribution in [1.29, 1.82) is 0 Å². The summed E-state index contributed by atoms with van der Waals surface area (Å²) in [5.41, 5.74) is 4.84. The number of anilines is 1. The predicted molar refractivity (Wildman–Crippen MR) is 33.1 cm³/mol. The molecule has 0 bridgehead atoms. The third-order valence-corrected chi connectivity index (χ3v) is 0.879. The van der Waals surface area contributed by atoms with Gasteiger partial charge in [-0.1, -0.05) is 0 Å². The lowest BCUT2D eigenvalue weighted by Crippen LogP contribution is -2.19. The van der Waals surface area contributed by atoms with Crippen LogP contribution >= 0.6 is 0 Å². The van der Waals surface area contributed by atoms with Crippen LogP contribution in [0.3, 0.4) is 0 Å². The largest absolute Gasteiger partial charge is 0.384 e. The van der Waals surface area contributed by atoms with E-state index in [0.717, 1.165) is 17.1 Å². The van der Waals surface area contributed by atoms with Gasteiger partial charge in [0.2, 0.25) is 0 Å². The van der Waals surface area contributed by atoms with Gasteiger partial charge in [-0.15, -0.1) is 0 Å². The normalized spacial score (nSPS) is 9.33. The van der Waals surface area contributed by atoms with Gasteiger partial charge in [0, 0.05) is 6.07 Å². The molecule has 5 nitrogen and oxygen atoms in total. The smallest absolute Gasteiger partial charge is 0.274 e. The summed E-state index contributed by atoms with van der Waals surface area (Å²) >= 11 is 0. The molecule has 1 aromatic rings. The van der Waals surface area contributed by atoms with Gasteiger partial charge in [0.05, 0.1) is 0 Å². The van der Waals surface area contributed by atoms with E-state index in [1.807, 2.05) is 0 Å². The molecule has 0 amide bonds. The van der Waals surface area contributed by atoms with E-state index in [4.69, 9.17) is 11.6 Å². The van der Waals surface area contributed by atoms with Crippen LogP contribution in [0.1, 0.15) is 0 Å². The van der Waals surface area contributed by atoms with Gasteiger partial charge in [0.15, 0.2) is 0 Å². The average Bonchev–Trinajstić information content (AvgIpc) is 1.80. The Hall–Kier alpha value is -1.52. The van der Waals surface area contributed by atoms with Gasteiger partial charge in [-0.3, -0.25) is 4.79 Å². The van der Waals surface area contributed by atoms with Crippen molar-refractivity contribution in [2.24, 2.45) is 0 Å². The Morgan fingerprint density at radius 1 is 1.67 bits per heavy atom. The molecule has 0 spiro atoms. The lowest BCUT2D eigenvalue weighted by molar-refractivity contribution is 0.933. The van der Waals surface area contributed by atoms with Crippen LogP contribution in [0.4, 0.5) is 5.82 Å². The summed E-state index contributed by atoms with van der Waals surface area (Å²) in [4.78, 5) is 13.7. The minimum atomic E-state index is -0.380. The highest BCUT2D eigenvalue weighted by atomic mass is 16.1. The van der Waals surface area contributed by atoms with Gasteiger partial charge in [0.25, 0.3) is 5.56 Å². The zero-order chi connectivity index (χ0) is 6.85. The SMILES string of the molecule is Nc1cc(=O)ncn1N. The summed E-state index contributed by atoms with van der Waals surface area (Å²) in [7, 11) is 0. The molecule has 0 aliphatic heterocycles. The van der Waals surface area contributed by atoms with Crippen molar-refractivity contribution in [3.8, 4) is 0 Å². The van der Waals surface area contributed by atoms with Gasteiger partial charge < -0.3 is 11.6 Å². The van der Waals surface area contributed by atoms with E-state index in [2.05, 4.69) is 4.98 Å². The molecule has 0 fully saturated rings. The highest BCUT2D eigenvalue weighted by Crippen LogP contribution is 1.86. The molecule has 0 atom stereocenters. The van der Waals surface area contributed by atoms with E-state index in [1.54, 1.807) is 0 Å². The minimum Gasteiger partial charge on any atom is -0.384 e. The molecule has 9 heavy (non-hydrogen) atoms. The third-order valence-electron chi connectivity index (χ3n) is 0.879. The zero-order valence-electron chi connectivity index (χ0n) is 4.61. The zero-order valence-corrected chi connectivity index (χ0v) is 4.61. The van der Waals surface area contributed by atoms with E-state index >= 15 is 0 Å². The van der Waals surface area contributed by atoms with Crippen LogP contribution in [0.2, 0.25) is 0 Å².